The van der Waals surface area contributed by atoms with Gasteiger partial charge in [-0.05, 0) is 31.9 Å². The van der Waals surface area contributed by atoms with Crippen molar-refractivity contribution in [2.45, 2.75) is 25.4 Å². The smallest absolute Gasteiger partial charge is 0.204 e. The number of carbonyl (C=O) groups is 1. The SMILES string of the molecule is COc1ccc(C(=O)C2(C)CCCO2)c(OC)c1OC. The van der Waals surface area contributed by atoms with E-state index in [1.807, 2.05) is 6.92 Å². The van der Waals surface area contributed by atoms with E-state index in [0.717, 1.165) is 6.42 Å². The Balaban J connectivity index is 2.48. The van der Waals surface area contributed by atoms with Crippen LogP contribution in [-0.4, -0.2) is 39.3 Å². The minimum absolute atomic E-state index is 0.0900. The molecule has 1 heterocycles. The normalized spacial score (nSPS) is 21.6. The van der Waals surface area contributed by atoms with Gasteiger partial charge in [0.2, 0.25) is 5.75 Å². The van der Waals surface area contributed by atoms with Gasteiger partial charge in [0, 0.05) is 6.61 Å². The fourth-order valence-electron chi connectivity index (χ4n) is 2.52. The number of ketones is 1. The summed E-state index contributed by atoms with van der Waals surface area (Å²) < 4.78 is 21.5. The van der Waals surface area contributed by atoms with Gasteiger partial charge in [-0.3, -0.25) is 4.79 Å². The molecule has 1 unspecified atom stereocenters. The first-order valence-corrected chi connectivity index (χ1v) is 6.55. The van der Waals surface area contributed by atoms with Crippen molar-refractivity contribution in [3.63, 3.8) is 0 Å². The average molecular weight is 280 g/mol. The number of benzene rings is 1. The first kappa shape index (κ1) is 14.7. The van der Waals surface area contributed by atoms with Gasteiger partial charge in [-0.15, -0.1) is 0 Å². The molecule has 0 aliphatic carbocycles. The Morgan fingerprint density at radius 1 is 1.15 bits per heavy atom. The second kappa shape index (κ2) is 5.71. The molecule has 0 N–H and O–H groups in total. The van der Waals surface area contributed by atoms with E-state index in [9.17, 15) is 4.79 Å². The van der Waals surface area contributed by atoms with E-state index in [0.29, 0.717) is 35.8 Å². The highest BCUT2D eigenvalue weighted by Gasteiger charge is 2.40. The molecule has 1 atom stereocenters. The summed E-state index contributed by atoms with van der Waals surface area (Å²) in [5.74, 6) is 1.24. The van der Waals surface area contributed by atoms with Crippen molar-refractivity contribution in [2.24, 2.45) is 0 Å². The highest BCUT2D eigenvalue weighted by Crippen LogP contribution is 2.42. The van der Waals surface area contributed by atoms with Crippen LogP contribution in [-0.2, 0) is 4.74 Å². The van der Waals surface area contributed by atoms with E-state index in [4.69, 9.17) is 18.9 Å². The summed E-state index contributed by atoms with van der Waals surface area (Å²) in [7, 11) is 4.56. The van der Waals surface area contributed by atoms with Gasteiger partial charge in [0.1, 0.15) is 5.60 Å². The molecule has 1 aliphatic rings. The fourth-order valence-corrected chi connectivity index (χ4v) is 2.52. The molecule has 1 aliphatic heterocycles. The molecule has 0 bridgehead atoms. The van der Waals surface area contributed by atoms with Gasteiger partial charge in [-0.1, -0.05) is 0 Å². The number of ether oxygens (including phenoxy) is 4. The average Bonchev–Trinajstić information content (AvgIpc) is 2.92. The lowest BCUT2D eigenvalue weighted by Gasteiger charge is -2.23. The third kappa shape index (κ3) is 2.33. The molecule has 1 saturated heterocycles. The maximum absolute atomic E-state index is 12.7. The van der Waals surface area contributed by atoms with E-state index >= 15 is 0 Å². The zero-order valence-electron chi connectivity index (χ0n) is 12.3. The third-order valence-corrected chi connectivity index (χ3v) is 3.65. The lowest BCUT2D eigenvalue weighted by Crippen LogP contribution is -2.34. The summed E-state index contributed by atoms with van der Waals surface area (Å²) in [5, 5.41) is 0. The van der Waals surface area contributed by atoms with Gasteiger partial charge in [0.15, 0.2) is 17.3 Å². The topological polar surface area (TPSA) is 54.0 Å². The zero-order valence-corrected chi connectivity index (χ0v) is 12.3. The highest BCUT2D eigenvalue weighted by molar-refractivity contribution is 6.05. The van der Waals surface area contributed by atoms with Crippen molar-refractivity contribution >= 4 is 5.78 Å². The second-order valence-corrected chi connectivity index (χ2v) is 4.89. The number of methoxy groups -OCH3 is 3. The van der Waals surface area contributed by atoms with Crippen LogP contribution in [0.25, 0.3) is 0 Å². The molecular formula is C15H20O5. The van der Waals surface area contributed by atoms with E-state index in [-0.39, 0.29) is 5.78 Å². The van der Waals surface area contributed by atoms with Gasteiger partial charge < -0.3 is 18.9 Å². The molecule has 0 saturated carbocycles. The lowest BCUT2D eigenvalue weighted by molar-refractivity contribution is 0.0211. The standard InChI is InChI=1S/C15H20O5/c1-15(8-5-9-20-15)14(16)10-6-7-11(17-2)13(19-4)12(10)18-3/h6-7H,5,8-9H2,1-4H3. The first-order chi connectivity index (χ1) is 9.57. The number of hydrogen-bond acceptors (Lipinski definition) is 5. The molecule has 5 nitrogen and oxygen atoms in total. The van der Waals surface area contributed by atoms with Crippen molar-refractivity contribution < 1.29 is 23.7 Å². The predicted octanol–water partition coefficient (Wildman–Crippen LogP) is 2.46. The second-order valence-electron chi connectivity index (χ2n) is 4.89. The molecule has 0 spiro atoms. The van der Waals surface area contributed by atoms with Crippen LogP contribution in [0.5, 0.6) is 17.2 Å². The van der Waals surface area contributed by atoms with Crippen LogP contribution < -0.4 is 14.2 Å². The van der Waals surface area contributed by atoms with Crippen LogP contribution in [0.15, 0.2) is 12.1 Å². The number of hydrogen-bond donors (Lipinski definition) is 0. The summed E-state index contributed by atoms with van der Waals surface area (Å²) in [5.41, 5.74) is -0.332. The molecule has 1 aromatic rings. The Bertz CT molecular complexity index is 503. The molecule has 20 heavy (non-hydrogen) atoms. The number of Topliss-reactive ketones (excluding diaryl/α,β-unsaturated/α-hetero) is 1. The van der Waals surface area contributed by atoms with Crippen LogP contribution >= 0.6 is 0 Å². The van der Waals surface area contributed by atoms with Gasteiger partial charge in [0.25, 0.3) is 0 Å². The molecular weight excluding hydrogens is 260 g/mol. The summed E-state index contributed by atoms with van der Waals surface area (Å²) in [6.07, 6.45) is 1.60. The summed E-state index contributed by atoms with van der Waals surface area (Å²) in [6, 6.07) is 3.39. The highest BCUT2D eigenvalue weighted by atomic mass is 16.5. The van der Waals surface area contributed by atoms with Gasteiger partial charge in [0.05, 0.1) is 26.9 Å². The monoisotopic (exact) mass is 280 g/mol. The minimum atomic E-state index is -0.785. The Morgan fingerprint density at radius 3 is 2.35 bits per heavy atom. The van der Waals surface area contributed by atoms with Crippen LogP contribution in [0.3, 0.4) is 0 Å². The fraction of sp³-hybridized carbons (Fsp3) is 0.533. The zero-order chi connectivity index (χ0) is 14.8. The lowest BCUT2D eigenvalue weighted by atomic mass is 9.91. The quantitative estimate of drug-likeness (QED) is 0.775. The largest absolute Gasteiger partial charge is 0.493 e. The van der Waals surface area contributed by atoms with Crippen LogP contribution in [0.1, 0.15) is 30.1 Å². The van der Waals surface area contributed by atoms with Crippen molar-refractivity contribution in [1.82, 2.24) is 0 Å². The maximum atomic E-state index is 12.7. The third-order valence-electron chi connectivity index (χ3n) is 3.65. The van der Waals surface area contributed by atoms with Crippen molar-refractivity contribution in [3.05, 3.63) is 17.7 Å². The molecule has 1 fully saturated rings. The summed E-state index contributed by atoms with van der Waals surface area (Å²) >= 11 is 0. The van der Waals surface area contributed by atoms with Crippen LogP contribution in [0.4, 0.5) is 0 Å². The summed E-state index contributed by atoms with van der Waals surface area (Å²) in [4.78, 5) is 12.7. The Kier molecular flexibility index (Phi) is 4.18. The van der Waals surface area contributed by atoms with E-state index < -0.39 is 5.60 Å². The molecule has 0 aromatic heterocycles. The number of carbonyl (C=O) groups excluding carboxylic acids is 1. The first-order valence-electron chi connectivity index (χ1n) is 6.55. The molecule has 5 heteroatoms. The molecule has 0 radical (unpaired) electrons. The number of rotatable bonds is 5. The molecule has 1 aromatic carbocycles. The molecule has 0 amide bonds. The Morgan fingerprint density at radius 2 is 1.85 bits per heavy atom. The van der Waals surface area contributed by atoms with Crippen molar-refractivity contribution in [2.75, 3.05) is 27.9 Å². The molecule has 2 rings (SSSR count). The van der Waals surface area contributed by atoms with Gasteiger partial charge in [-0.25, -0.2) is 0 Å². The molecule has 110 valence electrons. The Hall–Kier alpha value is -1.75. The maximum Gasteiger partial charge on any atom is 0.204 e. The van der Waals surface area contributed by atoms with E-state index in [1.165, 1.54) is 14.2 Å². The minimum Gasteiger partial charge on any atom is -0.493 e. The Labute approximate surface area is 118 Å². The summed E-state index contributed by atoms with van der Waals surface area (Å²) in [6.45, 7) is 2.43. The van der Waals surface area contributed by atoms with E-state index in [2.05, 4.69) is 0 Å². The van der Waals surface area contributed by atoms with Crippen molar-refractivity contribution in [3.8, 4) is 17.2 Å². The van der Waals surface area contributed by atoms with Crippen LogP contribution in [0.2, 0.25) is 0 Å². The van der Waals surface area contributed by atoms with Gasteiger partial charge in [-0.2, -0.15) is 0 Å². The van der Waals surface area contributed by atoms with Gasteiger partial charge >= 0.3 is 0 Å². The van der Waals surface area contributed by atoms with E-state index in [1.54, 1.807) is 19.2 Å². The predicted molar refractivity (Wildman–Crippen MR) is 74.0 cm³/mol. The van der Waals surface area contributed by atoms with Crippen LogP contribution in [0, 0.1) is 0 Å². The van der Waals surface area contributed by atoms with Crippen molar-refractivity contribution in [1.29, 1.82) is 0 Å².